The molecule has 5 nitrogen and oxygen atoms in total. The number of thiazole rings is 1. The zero-order valence-electron chi connectivity index (χ0n) is 17.8. The first-order chi connectivity index (χ1) is 15.7. The van der Waals surface area contributed by atoms with Gasteiger partial charge in [0.2, 0.25) is 5.91 Å². The van der Waals surface area contributed by atoms with Gasteiger partial charge in [0, 0.05) is 43.7 Å². The van der Waals surface area contributed by atoms with Crippen molar-refractivity contribution >= 4 is 59.3 Å². The van der Waals surface area contributed by atoms with Crippen LogP contribution in [0.1, 0.15) is 5.56 Å². The minimum absolute atomic E-state index is 0.0839. The molecule has 0 spiro atoms. The van der Waals surface area contributed by atoms with Gasteiger partial charge in [-0.3, -0.25) is 9.69 Å². The Bertz CT molecular complexity index is 1240. The molecule has 1 aliphatic rings. The summed E-state index contributed by atoms with van der Waals surface area (Å²) in [5.74, 6) is 0.0839. The molecule has 0 saturated carbocycles. The lowest BCUT2D eigenvalue weighted by Crippen LogP contribution is -2.48. The number of hydrogen-bond acceptors (Lipinski definition) is 5. The van der Waals surface area contributed by atoms with Gasteiger partial charge in [0.25, 0.3) is 0 Å². The molecule has 1 aromatic heterocycles. The van der Waals surface area contributed by atoms with E-state index in [4.69, 9.17) is 4.98 Å². The molecule has 0 aliphatic carbocycles. The van der Waals surface area contributed by atoms with Gasteiger partial charge in [0.15, 0.2) is 5.13 Å². The van der Waals surface area contributed by atoms with Crippen LogP contribution >= 0.6 is 27.3 Å². The molecule has 0 unspecified atom stereocenters. The lowest BCUT2D eigenvalue weighted by molar-refractivity contribution is -0.120. The molecule has 2 heterocycles. The molecule has 0 bridgehead atoms. The minimum Gasteiger partial charge on any atom is -0.355 e. The number of benzene rings is 3. The summed E-state index contributed by atoms with van der Waals surface area (Å²) in [7, 11) is 0. The molecule has 32 heavy (non-hydrogen) atoms. The maximum atomic E-state index is 12.5. The summed E-state index contributed by atoms with van der Waals surface area (Å²) in [6, 6.07) is 20.6. The molecule has 0 atom stereocenters. The predicted octanol–water partition coefficient (Wildman–Crippen LogP) is 4.69. The number of hydrogen-bond donors (Lipinski definition) is 1. The molecule has 1 aliphatic heterocycles. The Hall–Kier alpha value is -2.48. The second-order valence-corrected chi connectivity index (χ2v) is 10.0. The van der Waals surface area contributed by atoms with Crippen molar-refractivity contribution in [2.24, 2.45) is 0 Å². The fourth-order valence-electron chi connectivity index (χ4n) is 4.22. The molecule has 1 N–H and O–H groups in total. The highest BCUT2D eigenvalue weighted by atomic mass is 79.9. The molecule has 1 saturated heterocycles. The van der Waals surface area contributed by atoms with Crippen LogP contribution in [0, 0.1) is 0 Å². The highest BCUT2D eigenvalue weighted by Crippen LogP contribution is 2.31. The molecule has 7 heteroatoms. The average molecular weight is 509 g/mol. The molecule has 164 valence electrons. The maximum Gasteiger partial charge on any atom is 0.224 e. The Labute approximate surface area is 200 Å². The molecule has 4 aromatic rings. The summed E-state index contributed by atoms with van der Waals surface area (Å²) in [5, 5.41) is 6.53. The van der Waals surface area contributed by atoms with Gasteiger partial charge in [-0.25, -0.2) is 4.98 Å². The fraction of sp³-hybridized carbons (Fsp3) is 0.280. The Morgan fingerprint density at radius 2 is 1.84 bits per heavy atom. The number of anilines is 1. The highest BCUT2D eigenvalue weighted by Gasteiger charge is 2.20. The highest BCUT2D eigenvalue weighted by molar-refractivity contribution is 9.10. The SMILES string of the molecule is O=C(Cc1cccc2ccccc12)NCCN1CCN(c2nc3ccc(Br)cc3s2)CC1. The van der Waals surface area contributed by atoms with Crippen LogP contribution in [0.15, 0.2) is 65.1 Å². The number of carbonyl (C=O) groups is 1. The van der Waals surface area contributed by atoms with E-state index in [-0.39, 0.29) is 5.91 Å². The van der Waals surface area contributed by atoms with Gasteiger partial charge in [-0.05, 0) is 34.5 Å². The van der Waals surface area contributed by atoms with Gasteiger partial charge < -0.3 is 10.2 Å². The molecule has 1 fully saturated rings. The van der Waals surface area contributed by atoms with E-state index in [1.165, 1.54) is 10.1 Å². The van der Waals surface area contributed by atoms with Gasteiger partial charge >= 0.3 is 0 Å². The molecule has 0 radical (unpaired) electrons. The summed E-state index contributed by atoms with van der Waals surface area (Å²) < 4.78 is 2.30. The first-order valence-electron chi connectivity index (χ1n) is 10.9. The molecule has 3 aromatic carbocycles. The predicted molar refractivity (Wildman–Crippen MR) is 137 cm³/mol. The van der Waals surface area contributed by atoms with Crippen molar-refractivity contribution in [1.29, 1.82) is 0 Å². The van der Waals surface area contributed by atoms with Crippen LogP contribution in [-0.4, -0.2) is 55.1 Å². The summed E-state index contributed by atoms with van der Waals surface area (Å²) in [6.07, 6.45) is 0.419. The van der Waals surface area contributed by atoms with Crippen molar-refractivity contribution < 1.29 is 4.79 Å². The van der Waals surface area contributed by atoms with E-state index < -0.39 is 0 Å². The summed E-state index contributed by atoms with van der Waals surface area (Å²) >= 11 is 5.29. The van der Waals surface area contributed by atoms with E-state index in [9.17, 15) is 4.79 Å². The number of rotatable bonds is 6. The zero-order chi connectivity index (χ0) is 21.9. The van der Waals surface area contributed by atoms with Crippen molar-refractivity contribution in [1.82, 2.24) is 15.2 Å². The van der Waals surface area contributed by atoms with Crippen molar-refractivity contribution in [3.8, 4) is 0 Å². The zero-order valence-corrected chi connectivity index (χ0v) is 20.2. The van der Waals surface area contributed by atoms with Crippen LogP contribution in [0.4, 0.5) is 5.13 Å². The largest absolute Gasteiger partial charge is 0.355 e. The smallest absolute Gasteiger partial charge is 0.224 e. The first-order valence-corrected chi connectivity index (χ1v) is 12.5. The van der Waals surface area contributed by atoms with Crippen molar-refractivity contribution in [2.45, 2.75) is 6.42 Å². The number of nitrogens with one attached hydrogen (secondary N) is 1. The van der Waals surface area contributed by atoms with Crippen LogP contribution in [0.2, 0.25) is 0 Å². The van der Waals surface area contributed by atoms with E-state index in [2.05, 4.69) is 61.4 Å². The van der Waals surface area contributed by atoms with E-state index in [0.29, 0.717) is 13.0 Å². The standard InChI is InChI=1S/C25H25BrN4OS/c26-20-8-9-22-23(17-20)32-25(28-22)30-14-12-29(13-15-30)11-10-27-24(31)16-19-6-3-5-18-4-1-2-7-21(18)19/h1-9,17H,10-16H2,(H,27,31). The van der Waals surface area contributed by atoms with E-state index in [0.717, 1.165) is 58.8 Å². The number of halogens is 1. The van der Waals surface area contributed by atoms with E-state index >= 15 is 0 Å². The maximum absolute atomic E-state index is 12.5. The Morgan fingerprint density at radius 3 is 2.72 bits per heavy atom. The minimum atomic E-state index is 0.0839. The Balaban J connectivity index is 1.09. The number of aromatic nitrogens is 1. The number of nitrogens with zero attached hydrogens (tertiary/aromatic N) is 3. The second kappa shape index (κ2) is 9.57. The van der Waals surface area contributed by atoms with Gasteiger partial charge in [0.1, 0.15) is 0 Å². The number of fused-ring (bicyclic) bond motifs is 2. The van der Waals surface area contributed by atoms with Gasteiger partial charge in [-0.1, -0.05) is 69.7 Å². The van der Waals surface area contributed by atoms with Crippen molar-refractivity contribution in [2.75, 3.05) is 44.2 Å². The average Bonchev–Trinajstić information content (AvgIpc) is 3.23. The fourth-order valence-corrected chi connectivity index (χ4v) is 5.79. The van der Waals surface area contributed by atoms with Crippen LogP contribution in [-0.2, 0) is 11.2 Å². The normalized spacial score (nSPS) is 14.8. The summed E-state index contributed by atoms with van der Waals surface area (Å²) in [5.41, 5.74) is 2.14. The lowest BCUT2D eigenvalue weighted by atomic mass is 10.0. The van der Waals surface area contributed by atoms with E-state index in [1.54, 1.807) is 11.3 Å². The third-order valence-corrected chi connectivity index (χ3v) is 7.54. The lowest BCUT2D eigenvalue weighted by Gasteiger charge is -2.34. The van der Waals surface area contributed by atoms with Gasteiger partial charge in [-0.2, -0.15) is 0 Å². The van der Waals surface area contributed by atoms with Crippen LogP contribution in [0.3, 0.4) is 0 Å². The van der Waals surface area contributed by atoms with Crippen molar-refractivity contribution in [3.63, 3.8) is 0 Å². The Morgan fingerprint density at radius 1 is 1.03 bits per heavy atom. The number of amides is 1. The number of piperazine rings is 1. The summed E-state index contributed by atoms with van der Waals surface area (Å²) in [4.78, 5) is 22.1. The van der Waals surface area contributed by atoms with Gasteiger partial charge in [0.05, 0.1) is 16.6 Å². The van der Waals surface area contributed by atoms with Gasteiger partial charge in [-0.15, -0.1) is 0 Å². The van der Waals surface area contributed by atoms with Crippen LogP contribution in [0.25, 0.3) is 21.0 Å². The monoisotopic (exact) mass is 508 g/mol. The molecule has 1 amide bonds. The quantitative estimate of drug-likeness (QED) is 0.410. The third kappa shape index (κ3) is 4.80. The van der Waals surface area contributed by atoms with Crippen LogP contribution in [0.5, 0.6) is 0 Å². The van der Waals surface area contributed by atoms with E-state index in [1.807, 2.05) is 30.3 Å². The molecular formula is C25H25BrN4OS. The third-order valence-electron chi connectivity index (χ3n) is 5.96. The second-order valence-electron chi connectivity index (χ2n) is 8.10. The summed E-state index contributed by atoms with van der Waals surface area (Å²) in [6.45, 7) is 5.45. The Kier molecular flexibility index (Phi) is 6.39. The topological polar surface area (TPSA) is 48.5 Å². The number of carbonyl (C=O) groups excluding carboxylic acids is 1. The van der Waals surface area contributed by atoms with Crippen LogP contribution < -0.4 is 10.2 Å². The molecular weight excluding hydrogens is 484 g/mol. The van der Waals surface area contributed by atoms with Crippen molar-refractivity contribution in [3.05, 3.63) is 70.7 Å². The first kappa shape index (κ1) is 21.4. The molecule has 5 rings (SSSR count).